The number of hydrogen-bond acceptors (Lipinski definition) is 4. The number of hydrogen-bond donors (Lipinski definition) is 0. The summed E-state index contributed by atoms with van der Waals surface area (Å²) < 4.78 is 10.2. The van der Waals surface area contributed by atoms with Crippen molar-refractivity contribution in [2.24, 2.45) is 5.41 Å². The molecular formula is C16H19Cl3O4. The molecule has 128 valence electrons. The molecule has 0 aliphatic rings. The molecule has 0 amide bonds. The van der Waals surface area contributed by atoms with Gasteiger partial charge in [0.15, 0.2) is 5.75 Å². The molecule has 0 unspecified atom stereocenters. The van der Waals surface area contributed by atoms with Crippen LogP contribution in [0.2, 0.25) is 15.1 Å². The van der Waals surface area contributed by atoms with Crippen molar-refractivity contribution in [1.82, 2.24) is 0 Å². The lowest BCUT2D eigenvalue weighted by Crippen LogP contribution is -2.18. The Hall–Kier alpha value is -0.970. The molecule has 0 atom stereocenters. The van der Waals surface area contributed by atoms with E-state index >= 15 is 0 Å². The Morgan fingerprint density at radius 3 is 2.04 bits per heavy atom. The zero-order valence-corrected chi connectivity index (χ0v) is 15.5. The van der Waals surface area contributed by atoms with Crippen LogP contribution in [-0.2, 0) is 14.3 Å². The highest BCUT2D eigenvalue weighted by atomic mass is 35.5. The van der Waals surface area contributed by atoms with Gasteiger partial charge >= 0.3 is 11.9 Å². The molecule has 0 N–H and O–H groups in total. The van der Waals surface area contributed by atoms with Crippen LogP contribution in [0.5, 0.6) is 5.75 Å². The second-order valence-electron chi connectivity index (χ2n) is 6.25. The predicted molar refractivity (Wildman–Crippen MR) is 91.4 cm³/mol. The van der Waals surface area contributed by atoms with Gasteiger partial charge in [0.05, 0.1) is 16.7 Å². The van der Waals surface area contributed by atoms with Crippen molar-refractivity contribution in [1.29, 1.82) is 0 Å². The molecule has 0 bridgehead atoms. The standard InChI is InChI=1S/C16H19Cl3O4/c1-16(2,3)9-22-13(20)5-4-6-14(21)23-15-11(18)7-10(17)8-12(15)19/h7-8H,4-6,9H2,1-3H3. The van der Waals surface area contributed by atoms with Gasteiger partial charge in [-0.2, -0.15) is 0 Å². The van der Waals surface area contributed by atoms with E-state index in [0.717, 1.165) is 0 Å². The summed E-state index contributed by atoms with van der Waals surface area (Å²) in [5.74, 6) is -0.798. The minimum absolute atomic E-state index is 0.0555. The molecule has 4 nitrogen and oxygen atoms in total. The summed E-state index contributed by atoms with van der Waals surface area (Å²) in [4.78, 5) is 23.3. The van der Waals surface area contributed by atoms with Crippen LogP contribution >= 0.6 is 34.8 Å². The molecule has 0 saturated heterocycles. The zero-order chi connectivity index (χ0) is 17.6. The van der Waals surface area contributed by atoms with Crippen LogP contribution in [0.3, 0.4) is 0 Å². The highest BCUT2D eigenvalue weighted by molar-refractivity contribution is 6.40. The fourth-order valence-corrected chi connectivity index (χ4v) is 2.43. The highest BCUT2D eigenvalue weighted by Gasteiger charge is 2.16. The van der Waals surface area contributed by atoms with Crippen LogP contribution in [0, 0.1) is 5.41 Å². The van der Waals surface area contributed by atoms with E-state index in [1.165, 1.54) is 12.1 Å². The van der Waals surface area contributed by atoms with E-state index in [1.807, 2.05) is 20.8 Å². The van der Waals surface area contributed by atoms with E-state index in [4.69, 9.17) is 44.3 Å². The largest absolute Gasteiger partial charge is 0.465 e. The van der Waals surface area contributed by atoms with E-state index in [2.05, 4.69) is 0 Å². The fraction of sp³-hybridized carbons (Fsp3) is 0.500. The Balaban J connectivity index is 2.40. The molecule has 0 heterocycles. The van der Waals surface area contributed by atoms with E-state index < -0.39 is 5.97 Å². The number of rotatable bonds is 6. The van der Waals surface area contributed by atoms with Crippen molar-refractivity contribution in [3.05, 3.63) is 27.2 Å². The molecule has 7 heteroatoms. The Morgan fingerprint density at radius 1 is 1.00 bits per heavy atom. The SMILES string of the molecule is CC(C)(C)COC(=O)CCCC(=O)Oc1c(Cl)cc(Cl)cc1Cl. The first-order chi connectivity index (χ1) is 10.6. The molecular weight excluding hydrogens is 363 g/mol. The maximum Gasteiger partial charge on any atom is 0.311 e. The zero-order valence-electron chi connectivity index (χ0n) is 13.3. The van der Waals surface area contributed by atoms with Crippen molar-refractivity contribution >= 4 is 46.7 Å². The average Bonchev–Trinajstić information content (AvgIpc) is 2.40. The van der Waals surface area contributed by atoms with Gasteiger partial charge in [0.2, 0.25) is 0 Å². The third kappa shape index (κ3) is 7.91. The lowest BCUT2D eigenvalue weighted by molar-refractivity contribution is -0.146. The molecule has 23 heavy (non-hydrogen) atoms. The second-order valence-corrected chi connectivity index (χ2v) is 7.50. The summed E-state index contributed by atoms with van der Waals surface area (Å²) in [6, 6.07) is 2.86. The minimum atomic E-state index is -0.528. The van der Waals surface area contributed by atoms with Crippen LogP contribution in [0.25, 0.3) is 0 Å². The number of esters is 2. The van der Waals surface area contributed by atoms with Crippen LogP contribution in [0.15, 0.2) is 12.1 Å². The first-order valence-electron chi connectivity index (χ1n) is 7.09. The maximum atomic E-state index is 11.8. The molecule has 0 fully saturated rings. The number of halogens is 3. The Kier molecular flexibility index (Phi) is 7.65. The smallest absolute Gasteiger partial charge is 0.311 e. The van der Waals surface area contributed by atoms with Crippen molar-refractivity contribution in [2.45, 2.75) is 40.0 Å². The van der Waals surface area contributed by atoms with Gasteiger partial charge in [0, 0.05) is 17.9 Å². The summed E-state index contributed by atoms with van der Waals surface area (Å²) in [5, 5.41) is 0.655. The molecule has 0 spiro atoms. The summed E-state index contributed by atoms with van der Waals surface area (Å²) in [6.45, 7) is 6.25. The third-order valence-electron chi connectivity index (χ3n) is 2.61. The van der Waals surface area contributed by atoms with E-state index in [1.54, 1.807) is 0 Å². The predicted octanol–water partition coefficient (Wildman–Crippen LogP) is 5.31. The third-order valence-corrected chi connectivity index (χ3v) is 3.39. The summed E-state index contributed by atoms with van der Waals surface area (Å²) in [5.41, 5.74) is -0.0866. The van der Waals surface area contributed by atoms with Gasteiger partial charge < -0.3 is 9.47 Å². The lowest BCUT2D eigenvalue weighted by atomic mass is 9.99. The maximum absolute atomic E-state index is 11.8. The van der Waals surface area contributed by atoms with Crippen molar-refractivity contribution < 1.29 is 19.1 Å². The van der Waals surface area contributed by atoms with Crippen molar-refractivity contribution in [2.75, 3.05) is 6.61 Å². The molecule has 0 aliphatic heterocycles. The second kappa shape index (κ2) is 8.76. The van der Waals surface area contributed by atoms with E-state index in [9.17, 15) is 9.59 Å². The number of benzene rings is 1. The van der Waals surface area contributed by atoms with Crippen LogP contribution in [-0.4, -0.2) is 18.5 Å². The first-order valence-corrected chi connectivity index (χ1v) is 8.23. The number of carbonyl (C=O) groups is 2. The van der Waals surface area contributed by atoms with Crippen molar-refractivity contribution in [3.8, 4) is 5.75 Å². The van der Waals surface area contributed by atoms with Gasteiger partial charge in [-0.25, -0.2) is 0 Å². The van der Waals surface area contributed by atoms with Gasteiger partial charge in [-0.15, -0.1) is 0 Å². The molecule has 0 aromatic heterocycles. The molecule has 0 aliphatic carbocycles. The van der Waals surface area contributed by atoms with Gasteiger partial charge in [0.1, 0.15) is 0 Å². The summed E-state index contributed by atoms with van der Waals surface area (Å²) in [6.07, 6.45) is 0.526. The summed E-state index contributed by atoms with van der Waals surface area (Å²) >= 11 is 17.6. The van der Waals surface area contributed by atoms with E-state index in [0.29, 0.717) is 18.1 Å². The molecule has 1 rings (SSSR count). The lowest BCUT2D eigenvalue weighted by Gasteiger charge is -2.17. The van der Waals surface area contributed by atoms with Crippen LogP contribution in [0.4, 0.5) is 0 Å². The Morgan fingerprint density at radius 2 is 1.52 bits per heavy atom. The monoisotopic (exact) mass is 380 g/mol. The fourth-order valence-electron chi connectivity index (χ4n) is 1.54. The average molecular weight is 382 g/mol. The van der Waals surface area contributed by atoms with Gasteiger partial charge in [-0.3, -0.25) is 9.59 Å². The highest BCUT2D eigenvalue weighted by Crippen LogP contribution is 2.36. The Labute approximate surface area is 151 Å². The first kappa shape index (κ1) is 20.1. The molecule has 0 radical (unpaired) electrons. The van der Waals surface area contributed by atoms with Gasteiger partial charge in [-0.1, -0.05) is 55.6 Å². The Bertz CT molecular complexity index is 556. The van der Waals surface area contributed by atoms with Gasteiger partial charge in [0.25, 0.3) is 0 Å². The molecule has 1 aromatic carbocycles. The van der Waals surface area contributed by atoms with Crippen LogP contribution in [0.1, 0.15) is 40.0 Å². The van der Waals surface area contributed by atoms with Crippen LogP contribution < -0.4 is 4.74 Å². The molecule has 0 saturated carbocycles. The minimum Gasteiger partial charge on any atom is -0.465 e. The number of ether oxygens (including phenoxy) is 2. The normalized spacial score (nSPS) is 11.2. The topological polar surface area (TPSA) is 52.6 Å². The quantitative estimate of drug-likeness (QED) is 0.495. The summed E-state index contributed by atoms with van der Waals surface area (Å²) in [7, 11) is 0. The number of carbonyl (C=O) groups excluding carboxylic acids is 2. The molecule has 1 aromatic rings. The van der Waals surface area contributed by atoms with Gasteiger partial charge in [-0.05, 0) is 24.0 Å². The van der Waals surface area contributed by atoms with Crippen molar-refractivity contribution in [3.63, 3.8) is 0 Å². The van der Waals surface area contributed by atoms with E-state index in [-0.39, 0.29) is 40.0 Å².